The van der Waals surface area contributed by atoms with E-state index in [0.29, 0.717) is 6.54 Å². The minimum atomic E-state index is 0.137. The summed E-state index contributed by atoms with van der Waals surface area (Å²) in [6.07, 6.45) is 1.70. The van der Waals surface area contributed by atoms with Crippen LogP contribution in [0, 0.1) is 0 Å². The lowest BCUT2D eigenvalue weighted by Gasteiger charge is -2.22. The molecule has 0 aliphatic rings. The highest BCUT2D eigenvalue weighted by Gasteiger charge is 2.08. The van der Waals surface area contributed by atoms with Gasteiger partial charge in [-0.1, -0.05) is 0 Å². The Morgan fingerprint density at radius 2 is 2.36 bits per heavy atom. The Morgan fingerprint density at radius 1 is 1.64 bits per heavy atom. The van der Waals surface area contributed by atoms with E-state index >= 15 is 0 Å². The number of aliphatic hydroxyl groups excluding tert-OH is 1. The Bertz CT molecular complexity index is 290. The van der Waals surface area contributed by atoms with E-state index in [1.807, 2.05) is 24.9 Å². The number of likely N-dealkylation sites (N-methyl/N-ethyl adjacent to an activating group) is 1. The van der Waals surface area contributed by atoms with Gasteiger partial charge in [0.2, 0.25) is 0 Å². The van der Waals surface area contributed by atoms with Gasteiger partial charge in [0.05, 0.1) is 12.3 Å². The van der Waals surface area contributed by atoms with E-state index in [4.69, 9.17) is 10.8 Å². The third-order valence-electron chi connectivity index (χ3n) is 2.27. The minimum absolute atomic E-state index is 0.137. The van der Waals surface area contributed by atoms with E-state index in [0.717, 1.165) is 11.4 Å². The van der Waals surface area contributed by atoms with Crippen LogP contribution in [0.15, 0.2) is 18.3 Å². The number of hydrogen-bond acceptors (Lipinski definition) is 4. The van der Waals surface area contributed by atoms with Crippen LogP contribution >= 0.6 is 0 Å². The number of hydrogen-bond donors (Lipinski definition) is 2. The predicted octanol–water partition coefficient (Wildman–Crippen LogP) is 0.476. The van der Waals surface area contributed by atoms with Crippen molar-refractivity contribution >= 4 is 5.69 Å². The van der Waals surface area contributed by atoms with E-state index in [1.165, 1.54) is 0 Å². The number of nitrogen functional groups attached to an aromatic ring is 1. The largest absolute Gasteiger partial charge is 0.399 e. The van der Waals surface area contributed by atoms with Crippen LogP contribution in [0.3, 0.4) is 0 Å². The molecule has 0 bridgehead atoms. The lowest BCUT2D eigenvalue weighted by Crippen LogP contribution is -2.31. The summed E-state index contributed by atoms with van der Waals surface area (Å²) in [7, 11) is 1.95. The quantitative estimate of drug-likeness (QED) is 0.733. The summed E-state index contributed by atoms with van der Waals surface area (Å²) in [5.74, 6) is 0. The maximum absolute atomic E-state index is 8.95. The number of nitrogens with zero attached hydrogens (tertiary/aromatic N) is 2. The lowest BCUT2D eigenvalue weighted by molar-refractivity contribution is 0.153. The van der Waals surface area contributed by atoms with Gasteiger partial charge < -0.3 is 10.8 Å². The SMILES string of the molecule is CC(CO)N(C)Cc1cc(N)ccn1. The first-order valence-electron chi connectivity index (χ1n) is 4.65. The molecule has 1 aromatic rings. The highest BCUT2D eigenvalue weighted by Crippen LogP contribution is 2.07. The molecule has 4 nitrogen and oxygen atoms in total. The molecule has 0 aromatic carbocycles. The molecule has 3 N–H and O–H groups in total. The smallest absolute Gasteiger partial charge is 0.0584 e. The molecule has 4 heteroatoms. The Labute approximate surface area is 84.4 Å². The first-order chi connectivity index (χ1) is 6.63. The van der Waals surface area contributed by atoms with Crippen LogP contribution in [0.2, 0.25) is 0 Å². The van der Waals surface area contributed by atoms with Gasteiger partial charge in [0.1, 0.15) is 0 Å². The molecule has 0 aliphatic heterocycles. The van der Waals surface area contributed by atoms with Gasteiger partial charge in [-0.05, 0) is 26.1 Å². The predicted molar refractivity (Wildman–Crippen MR) is 56.7 cm³/mol. The summed E-state index contributed by atoms with van der Waals surface area (Å²) in [5.41, 5.74) is 7.28. The average Bonchev–Trinajstić information content (AvgIpc) is 2.16. The van der Waals surface area contributed by atoms with Crippen molar-refractivity contribution in [3.63, 3.8) is 0 Å². The molecule has 78 valence electrons. The first kappa shape index (κ1) is 10.9. The van der Waals surface area contributed by atoms with Crippen molar-refractivity contribution in [3.8, 4) is 0 Å². The van der Waals surface area contributed by atoms with E-state index in [2.05, 4.69) is 4.98 Å². The van der Waals surface area contributed by atoms with Crippen molar-refractivity contribution in [2.24, 2.45) is 0 Å². The third-order valence-corrected chi connectivity index (χ3v) is 2.27. The zero-order valence-electron chi connectivity index (χ0n) is 8.64. The molecule has 0 amide bonds. The van der Waals surface area contributed by atoms with Gasteiger partial charge in [-0.3, -0.25) is 9.88 Å². The molecule has 1 heterocycles. The number of nitrogens with two attached hydrogens (primary N) is 1. The molecular formula is C10H17N3O. The zero-order chi connectivity index (χ0) is 10.6. The van der Waals surface area contributed by atoms with Crippen molar-refractivity contribution in [1.82, 2.24) is 9.88 Å². The molecule has 14 heavy (non-hydrogen) atoms. The molecule has 1 unspecified atom stereocenters. The second-order valence-electron chi connectivity index (χ2n) is 3.53. The van der Waals surface area contributed by atoms with Crippen LogP contribution in [-0.2, 0) is 6.54 Å². The van der Waals surface area contributed by atoms with Crippen molar-refractivity contribution in [2.45, 2.75) is 19.5 Å². The van der Waals surface area contributed by atoms with Crippen molar-refractivity contribution in [2.75, 3.05) is 19.4 Å². The third kappa shape index (κ3) is 2.97. The van der Waals surface area contributed by atoms with Crippen molar-refractivity contribution < 1.29 is 5.11 Å². The van der Waals surface area contributed by atoms with Gasteiger partial charge in [-0.25, -0.2) is 0 Å². The first-order valence-corrected chi connectivity index (χ1v) is 4.65. The van der Waals surface area contributed by atoms with Crippen LogP contribution in [0.25, 0.3) is 0 Å². The summed E-state index contributed by atoms with van der Waals surface area (Å²) in [5, 5.41) is 8.95. The Morgan fingerprint density at radius 3 is 2.93 bits per heavy atom. The summed E-state index contributed by atoms with van der Waals surface area (Å²) >= 11 is 0. The Kier molecular flexibility index (Phi) is 3.85. The molecule has 0 spiro atoms. The number of rotatable bonds is 4. The van der Waals surface area contributed by atoms with Gasteiger partial charge in [-0.15, -0.1) is 0 Å². The molecule has 0 saturated heterocycles. The van der Waals surface area contributed by atoms with E-state index < -0.39 is 0 Å². The Balaban J connectivity index is 2.60. The summed E-state index contributed by atoms with van der Waals surface area (Å²) < 4.78 is 0. The van der Waals surface area contributed by atoms with Crippen molar-refractivity contribution in [1.29, 1.82) is 0 Å². The van der Waals surface area contributed by atoms with Gasteiger partial charge in [0.25, 0.3) is 0 Å². The number of aromatic nitrogens is 1. The summed E-state index contributed by atoms with van der Waals surface area (Å²) in [6, 6.07) is 3.75. The fourth-order valence-corrected chi connectivity index (χ4v) is 1.13. The molecule has 0 radical (unpaired) electrons. The summed E-state index contributed by atoms with van der Waals surface area (Å²) in [4.78, 5) is 6.22. The lowest BCUT2D eigenvalue weighted by atomic mass is 10.2. The maximum Gasteiger partial charge on any atom is 0.0584 e. The van der Waals surface area contributed by atoms with Crippen molar-refractivity contribution in [3.05, 3.63) is 24.0 Å². The second kappa shape index (κ2) is 4.93. The van der Waals surface area contributed by atoms with E-state index in [-0.39, 0.29) is 12.6 Å². The molecule has 0 saturated carbocycles. The second-order valence-corrected chi connectivity index (χ2v) is 3.53. The topological polar surface area (TPSA) is 62.4 Å². The molecular weight excluding hydrogens is 178 g/mol. The van der Waals surface area contributed by atoms with E-state index in [9.17, 15) is 0 Å². The van der Waals surface area contributed by atoms with E-state index in [1.54, 1.807) is 12.3 Å². The number of aliphatic hydroxyl groups is 1. The minimum Gasteiger partial charge on any atom is -0.399 e. The zero-order valence-corrected chi connectivity index (χ0v) is 8.64. The van der Waals surface area contributed by atoms with Crippen LogP contribution < -0.4 is 5.73 Å². The number of anilines is 1. The highest BCUT2D eigenvalue weighted by molar-refractivity contribution is 5.37. The Hall–Kier alpha value is -1.13. The fourth-order valence-electron chi connectivity index (χ4n) is 1.13. The van der Waals surface area contributed by atoms with Crippen LogP contribution in [0.1, 0.15) is 12.6 Å². The standard InChI is InChI=1S/C10H17N3O/c1-8(7-14)13(2)6-10-5-9(11)3-4-12-10/h3-5,8,14H,6-7H2,1-2H3,(H2,11,12). The van der Waals surface area contributed by atoms with Crippen LogP contribution in [-0.4, -0.2) is 34.7 Å². The normalized spacial score (nSPS) is 13.1. The average molecular weight is 195 g/mol. The molecule has 0 fully saturated rings. The highest BCUT2D eigenvalue weighted by atomic mass is 16.3. The number of pyridine rings is 1. The van der Waals surface area contributed by atoms with Gasteiger partial charge in [0.15, 0.2) is 0 Å². The van der Waals surface area contributed by atoms with Crippen LogP contribution in [0.5, 0.6) is 0 Å². The van der Waals surface area contributed by atoms with Gasteiger partial charge in [0, 0.05) is 24.5 Å². The monoisotopic (exact) mass is 195 g/mol. The maximum atomic E-state index is 8.95. The molecule has 0 aliphatic carbocycles. The molecule has 1 atom stereocenters. The van der Waals surface area contributed by atoms with Crippen LogP contribution in [0.4, 0.5) is 5.69 Å². The molecule has 1 aromatic heterocycles. The molecule has 1 rings (SSSR count). The summed E-state index contributed by atoms with van der Waals surface area (Å²) in [6.45, 7) is 2.82. The van der Waals surface area contributed by atoms with Gasteiger partial charge in [-0.2, -0.15) is 0 Å². The van der Waals surface area contributed by atoms with Gasteiger partial charge >= 0.3 is 0 Å². The fraction of sp³-hybridized carbons (Fsp3) is 0.500.